The average molecular weight is 181 g/mol. The number of carbonyl (C=O) groups is 1. The number of nitrogens with one attached hydrogen (secondary N) is 1. The molecule has 0 rings (SSSR count). The minimum atomic E-state index is -4.59. The van der Waals surface area contributed by atoms with Crippen molar-refractivity contribution in [2.75, 3.05) is 0 Å². The van der Waals surface area contributed by atoms with Gasteiger partial charge in [-0.1, -0.05) is 0 Å². The molecule has 0 saturated carbocycles. The molecule has 0 aromatic carbocycles. The zero-order valence-corrected chi connectivity index (χ0v) is 7.40. The maximum Gasteiger partial charge on any atom is 0.364 e. The number of hydrogen-bond acceptors (Lipinski definition) is 3. The van der Waals surface area contributed by atoms with Crippen LogP contribution >= 0.6 is 0 Å². The van der Waals surface area contributed by atoms with Crippen molar-refractivity contribution in [3.63, 3.8) is 0 Å². The van der Waals surface area contributed by atoms with Gasteiger partial charge in [-0.2, -0.15) is 8.42 Å². The zero-order valence-electron chi connectivity index (χ0n) is 6.58. The molecule has 0 aromatic rings. The molecule has 0 atom stereocenters. The molecule has 11 heavy (non-hydrogen) atoms. The predicted octanol–water partition coefficient (Wildman–Crippen LogP) is 0.382. The van der Waals surface area contributed by atoms with Crippen molar-refractivity contribution in [3.8, 4) is 0 Å². The van der Waals surface area contributed by atoms with E-state index in [-0.39, 0.29) is 0 Å². The molecule has 1 amide bonds. The highest BCUT2D eigenvalue weighted by molar-refractivity contribution is 8.01. The molecule has 0 heterocycles. The first-order valence-electron chi connectivity index (χ1n) is 2.92. The second kappa shape index (κ2) is 2.78. The maximum absolute atomic E-state index is 10.5. The van der Waals surface area contributed by atoms with Crippen molar-refractivity contribution in [3.05, 3.63) is 0 Å². The number of carbonyl (C=O) groups excluding carboxylic acids is 1. The quantitative estimate of drug-likeness (QED) is 0.529. The molecule has 0 unspecified atom stereocenters. The van der Waals surface area contributed by atoms with Crippen LogP contribution in [0, 0.1) is 0 Å². The predicted molar refractivity (Wildman–Crippen MR) is 39.8 cm³/mol. The maximum atomic E-state index is 10.5. The van der Waals surface area contributed by atoms with Crippen LogP contribution < -0.4 is 5.32 Å². The molecule has 0 saturated heterocycles. The van der Waals surface area contributed by atoms with Crippen molar-refractivity contribution in [1.82, 2.24) is 5.32 Å². The molecule has 2 N–H and O–H groups in total. The highest BCUT2D eigenvalue weighted by Gasteiger charge is 2.23. The first-order chi connectivity index (χ1) is 4.63. The normalized spacial score (nSPS) is 12.7. The fraction of sp³-hybridized carbons (Fsp3) is 0.800. The second-order valence-corrected chi connectivity index (χ2v) is 4.46. The Kier molecular flexibility index (Phi) is 2.63. The van der Waals surface area contributed by atoms with Gasteiger partial charge in [0.15, 0.2) is 0 Å². The largest absolute Gasteiger partial charge is 0.364 e. The third kappa shape index (κ3) is 4.74. The van der Waals surface area contributed by atoms with Crippen LogP contribution in [0.3, 0.4) is 0 Å². The minimum absolute atomic E-state index is 0.660. The zero-order chi connectivity index (χ0) is 9.28. The van der Waals surface area contributed by atoms with E-state index in [0.29, 0.717) is 0 Å². The Hall–Kier alpha value is -0.620. The summed E-state index contributed by atoms with van der Waals surface area (Å²) in [5.41, 5.74) is -0.660. The van der Waals surface area contributed by atoms with Gasteiger partial charge in [-0.3, -0.25) is 9.35 Å². The molecule has 0 aromatic heterocycles. The Morgan fingerprint density at radius 3 is 1.82 bits per heavy atom. The van der Waals surface area contributed by atoms with Gasteiger partial charge in [0.1, 0.15) is 0 Å². The molecule has 0 aliphatic heterocycles. The van der Waals surface area contributed by atoms with Gasteiger partial charge in [-0.05, 0) is 20.8 Å². The Bertz CT molecular complexity index is 248. The van der Waals surface area contributed by atoms with Gasteiger partial charge >= 0.3 is 15.4 Å². The first-order valence-corrected chi connectivity index (χ1v) is 4.36. The summed E-state index contributed by atoms with van der Waals surface area (Å²) in [7, 11) is -4.59. The molecule has 5 nitrogen and oxygen atoms in total. The van der Waals surface area contributed by atoms with E-state index in [2.05, 4.69) is 5.32 Å². The summed E-state index contributed by atoms with van der Waals surface area (Å²) in [5, 5.41) is 0.712. The van der Waals surface area contributed by atoms with Crippen LogP contribution in [0.5, 0.6) is 0 Å². The molecule has 0 aliphatic rings. The minimum Gasteiger partial charge on any atom is -0.336 e. The Morgan fingerprint density at radius 2 is 1.73 bits per heavy atom. The van der Waals surface area contributed by atoms with E-state index in [9.17, 15) is 13.2 Å². The highest BCUT2D eigenvalue weighted by atomic mass is 32.2. The SMILES string of the molecule is CC(C)(C)NC(=O)S(=O)(=O)O. The first kappa shape index (κ1) is 10.4. The van der Waals surface area contributed by atoms with Crippen LogP contribution in [0.1, 0.15) is 20.8 Å². The van der Waals surface area contributed by atoms with Gasteiger partial charge in [0.2, 0.25) is 0 Å². The summed E-state index contributed by atoms with van der Waals surface area (Å²) in [5.74, 6) is 0. The summed E-state index contributed by atoms with van der Waals surface area (Å²) in [6, 6.07) is 0. The Labute approximate surface area is 65.5 Å². The lowest BCUT2D eigenvalue weighted by molar-refractivity contribution is 0.248. The van der Waals surface area contributed by atoms with Crippen LogP contribution in [0.25, 0.3) is 0 Å². The lowest BCUT2D eigenvalue weighted by Gasteiger charge is -2.18. The van der Waals surface area contributed by atoms with E-state index in [0.717, 1.165) is 0 Å². The van der Waals surface area contributed by atoms with Gasteiger partial charge < -0.3 is 5.32 Å². The lowest BCUT2D eigenvalue weighted by atomic mass is 10.1. The molecule has 0 spiro atoms. The Morgan fingerprint density at radius 1 is 1.36 bits per heavy atom. The average Bonchev–Trinajstić information content (AvgIpc) is 1.56. The van der Waals surface area contributed by atoms with Gasteiger partial charge in [0.05, 0.1) is 0 Å². The van der Waals surface area contributed by atoms with E-state index in [1.807, 2.05) is 0 Å². The third-order valence-electron chi connectivity index (χ3n) is 0.711. The third-order valence-corrected chi connectivity index (χ3v) is 1.28. The fourth-order valence-corrected chi connectivity index (χ4v) is 0.806. The summed E-state index contributed by atoms with van der Waals surface area (Å²) in [6.45, 7) is 4.82. The second-order valence-electron chi connectivity index (χ2n) is 3.14. The van der Waals surface area contributed by atoms with Crippen LogP contribution in [-0.4, -0.2) is 23.7 Å². The van der Waals surface area contributed by atoms with E-state index >= 15 is 0 Å². The fourth-order valence-electron chi connectivity index (χ4n) is 0.371. The van der Waals surface area contributed by atoms with Crippen molar-refractivity contribution < 1.29 is 17.8 Å². The molecule has 0 aliphatic carbocycles. The molecule has 0 bridgehead atoms. The molecule has 0 radical (unpaired) electrons. The van der Waals surface area contributed by atoms with Crippen molar-refractivity contribution in [2.24, 2.45) is 0 Å². The van der Waals surface area contributed by atoms with E-state index in [1.54, 1.807) is 20.8 Å². The van der Waals surface area contributed by atoms with Crippen molar-refractivity contribution >= 4 is 15.4 Å². The molecular weight excluding hydrogens is 170 g/mol. The molecular formula is C5H11NO4S. The van der Waals surface area contributed by atoms with Gasteiger partial charge in [0.25, 0.3) is 0 Å². The van der Waals surface area contributed by atoms with E-state index in [1.165, 1.54) is 0 Å². The smallest absolute Gasteiger partial charge is 0.336 e. The van der Waals surface area contributed by atoms with Crippen LogP contribution in [-0.2, 0) is 10.1 Å². The number of hydrogen-bond donors (Lipinski definition) is 2. The Balaban J connectivity index is 4.35. The van der Waals surface area contributed by atoms with Crippen molar-refractivity contribution in [2.45, 2.75) is 26.3 Å². The summed E-state index contributed by atoms with van der Waals surface area (Å²) in [6.07, 6.45) is 0. The lowest BCUT2D eigenvalue weighted by Crippen LogP contribution is -2.43. The highest BCUT2D eigenvalue weighted by Crippen LogP contribution is 2.00. The standard InChI is InChI=1S/C5H11NO4S/c1-5(2,3)6-4(7)11(8,9)10/h1-3H3,(H,6,7)(H,8,9,10). The van der Waals surface area contributed by atoms with Gasteiger partial charge in [-0.25, -0.2) is 0 Å². The van der Waals surface area contributed by atoms with Crippen LogP contribution in [0.15, 0.2) is 0 Å². The topological polar surface area (TPSA) is 83.5 Å². The molecule has 66 valence electrons. The van der Waals surface area contributed by atoms with Gasteiger partial charge in [-0.15, -0.1) is 0 Å². The number of rotatable bonds is 0. The van der Waals surface area contributed by atoms with Crippen LogP contribution in [0.2, 0.25) is 0 Å². The van der Waals surface area contributed by atoms with E-state index < -0.39 is 20.9 Å². The number of amides is 1. The van der Waals surface area contributed by atoms with Crippen LogP contribution in [0.4, 0.5) is 4.79 Å². The monoisotopic (exact) mass is 181 g/mol. The van der Waals surface area contributed by atoms with Gasteiger partial charge in [0, 0.05) is 5.54 Å². The van der Waals surface area contributed by atoms with E-state index in [4.69, 9.17) is 4.55 Å². The molecule has 0 fully saturated rings. The summed E-state index contributed by atoms with van der Waals surface area (Å²) in [4.78, 5) is 10.5. The van der Waals surface area contributed by atoms with Crippen molar-refractivity contribution in [1.29, 1.82) is 0 Å². The summed E-state index contributed by atoms with van der Waals surface area (Å²) >= 11 is 0. The molecule has 6 heteroatoms. The summed E-state index contributed by atoms with van der Waals surface area (Å²) < 4.78 is 28.5.